The van der Waals surface area contributed by atoms with Crippen LogP contribution in [0.4, 0.5) is 11.4 Å². The zero-order valence-electron chi connectivity index (χ0n) is 11.5. The summed E-state index contributed by atoms with van der Waals surface area (Å²) in [5.74, 6) is -0.0181. The largest absolute Gasteiger partial charge is 0.290 e. The van der Waals surface area contributed by atoms with Crippen LogP contribution in [0.3, 0.4) is 0 Å². The lowest BCUT2D eigenvalue weighted by molar-refractivity contribution is 0.0968. The third-order valence-corrected chi connectivity index (χ3v) is 3.79. The van der Waals surface area contributed by atoms with Gasteiger partial charge in [-0.3, -0.25) is 20.0 Å². The highest BCUT2D eigenvalue weighted by molar-refractivity contribution is 6.14. The highest BCUT2D eigenvalue weighted by atomic mass is 16.2. The number of carbonyl (C=O) groups excluding carboxylic acids is 1. The van der Waals surface area contributed by atoms with Gasteiger partial charge in [-0.1, -0.05) is 24.3 Å². The molecule has 1 atom stereocenters. The molecule has 2 aromatic carbocycles. The Labute approximate surface area is 122 Å². The van der Waals surface area contributed by atoms with Crippen molar-refractivity contribution in [1.29, 1.82) is 0 Å². The van der Waals surface area contributed by atoms with Crippen LogP contribution in [0.1, 0.15) is 15.9 Å². The summed E-state index contributed by atoms with van der Waals surface area (Å²) in [6.07, 6.45) is 1.41. The Kier molecular flexibility index (Phi) is 2.47. The lowest BCUT2D eigenvalue weighted by Gasteiger charge is -2.39. The maximum absolute atomic E-state index is 12.9. The fourth-order valence-corrected chi connectivity index (χ4v) is 2.82. The second kappa shape index (κ2) is 4.34. The van der Waals surface area contributed by atoms with Crippen molar-refractivity contribution in [1.82, 2.24) is 5.43 Å². The summed E-state index contributed by atoms with van der Waals surface area (Å²) in [6.45, 7) is 2.02. The van der Waals surface area contributed by atoms with E-state index in [-0.39, 0.29) is 12.2 Å². The van der Waals surface area contributed by atoms with Crippen LogP contribution in [-0.4, -0.2) is 18.5 Å². The molecule has 0 saturated carbocycles. The van der Waals surface area contributed by atoms with Gasteiger partial charge in [-0.05, 0) is 36.8 Å². The van der Waals surface area contributed by atoms with Crippen molar-refractivity contribution in [2.24, 2.45) is 5.10 Å². The van der Waals surface area contributed by atoms with Crippen LogP contribution in [0.2, 0.25) is 0 Å². The van der Waals surface area contributed by atoms with Crippen molar-refractivity contribution < 1.29 is 4.79 Å². The Bertz CT molecular complexity index is 755. The zero-order valence-corrected chi connectivity index (χ0v) is 11.5. The lowest BCUT2D eigenvalue weighted by atomic mass is 10.1. The number of anilines is 2. The number of amides is 1. The Hall–Kier alpha value is -2.82. The van der Waals surface area contributed by atoms with Crippen LogP contribution in [0.25, 0.3) is 0 Å². The van der Waals surface area contributed by atoms with E-state index in [9.17, 15) is 4.79 Å². The van der Waals surface area contributed by atoms with Crippen molar-refractivity contribution in [3.05, 3.63) is 59.7 Å². The highest BCUT2D eigenvalue weighted by Gasteiger charge is 2.39. The van der Waals surface area contributed by atoms with Crippen molar-refractivity contribution in [2.45, 2.75) is 13.2 Å². The van der Waals surface area contributed by atoms with Crippen molar-refractivity contribution in [2.75, 3.05) is 9.80 Å². The standard InChI is InChI=1S/C16H14N4O/c1-11-5-4-6-12(9-11)20-15(21)13-7-2-3-8-14(13)19-10-17-18-16(19)20/h2-10,16,18H,1H3. The molecule has 2 aliphatic heterocycles. The molecule has 5 nitrogen and oxygen atoms in total. The fourth-order valence-electron chi connectivity index (χ4n) is 2.82. The average molecular weight is 278 g/mol. The smallest absolute Gasteiger partial charge is 0.263 e. The first-order valence-electron chi connectivity index (χ1n) is 6.82. The van der Waals surface area contributed by atoms with Crippen LogP contribution >= 0.6 is 0 Å². The molecule has 21 heavy (non-hydrogen) atoms. The summed E-state index contributed by atoms with van der Waals surface area (Å²) in [7, 11) is 0. The van der Waals surface area contributed by atoms with Gasteiger partial charge in [0.15, 0.2) is 0 Å². The third-order valence-electron chi connectivity index (χ3n) is 3.79. The number of nitrogens with zero attached hydrogens (tertiary/aromatic N) is 3. The summed E-state index contributed by atoms with van der Waals surface area (Å²) in [5.41, 5.74) is 6.54. The number of nitrogens with one attached hydrogen (secondary N) is 1. The molecule has 0 radical (unpaired) electrons. The van der Waals surface area contributed by atoms with E-state index in [1.165, 1.54) is 0 Å². The molecule has 2 aromatic rings. The molecule has 0 saturated heterocycles. The number of benzene rings is 2. The van der Waals surface area contributed by atoms with Gasteiger partial charge >= 0.3 is 0 Å². The van der Waals surface area contributed by atoms with Gasteiger partial charge < -0.3 is 0 Å². The fraction of sp³-hybridized carbons (Fsp3) is 0.125. The van der Waals surface area contributed by atoms with E-state index in [0.717, 1.165) is 16.9 Å². The number of hydrazone groups is 1. The molecular weight excluding hydrogens is 264 g/mol. The number of rotatable bonds is 1. The minimum atomic E-state index is -0.311. The molecule has 1 amide bonds. The van der Waals surface area contributed by atoms with Gasteiger partial charge in [0.25, 0.3) is 5.91 Å². The average Bonchev–Trinajstić information content (AvgIpc) is 2.97. The Balaban J connectivity index is 1.88. The van der Waals surface area contributed by atoms with E-state index in [4.69, 9.17) is 0 Å². The van der Waals surface area contributed by atoms with Crippen LogP contribution in [0.15, 0.2) is 53.6 Å². The number of hydrogen-bond donors (Lipinski definition) is 1. The maximum Gasteiger partial charge on any atom is 0.263 e. The number of carbonyl (C=O) groups is 1. The van der Waals surface area contributed by atoms with Gasteiger partial charge in [0.1, 0.15) is 6.34 Å². The minimum absolute atomic E-state index is 0.0181. The molecule has 0 aliphatic carbocycles. The Morgan fingerprint density at radius 2 is 2.00 bits per heavy atom. The van der Waals surface area contributed by atoms with Crippen molar-refractivity contribution in [3.8, 4) is 0 Å². The first-order chi connectivity index (χ1) is 10.3. The molecule has 2 aliphatic rings. The molecule has 1 unspecified atom stereocenters. The predicted octanol–water partition coefficient (Wildman–Crippen LogP) is 2.29. The number of hydrogen-bond acceptors (Lipinski definition) is 4. The molecule has 104 valence electrons. The summed E-state index contributed by atoms with van der Waals surface area (Å²) >= 11 is 0. The molecule has 0 fully saturated rings. The van der Waals surface area contributed by atoms with Gasteiger partial charge in [-0.25, -0.2) is 0 Å². The van der Waals surface area contributed by atoms with E-state index in [1.807, 2.05) is 60.4 Å². The SMILES string of the molecule is Cc1cccc(N2C(=O)c3ccccc3N3C=NNC32)c1. The van der Waals surface area contributed by atoms with Crippen LogP contribution in [-0.2, 0) is 0 Å². The normalized spacial score (nSPS) is 19.3. The molecule has 0 spiro atoms. The second-order valence-electron chi connectivity index (χ2n) is 5.19. The van der Waals surface area contributed by atoms with Gasteiger partial charge in [0.05, 0.1) is 11.3 Å². The molecule has 4 rings (SSSR count). The first kappa shape index (κ1) is 12.0. The maximum atomic E-state index is 12.9. The minimum Gasteiger partial charge on any atom is -0.290 e. The summed E-state index contributed by atoms with van der Waals surface area (Å²) in [5, 5.41) is 4.12. The van der Waals surface area contributed by atoms with Gasteiger partial charge in [-0.2, -0.15) is 5.10 Å². The van der Waals surface area contributed by atoms with Crippen molar-refractivity contribution >= 4 is 23.6 Å². The van der Waals surface area contributed by atoms with E-state index in [2.05, 4.69) is 10.5 Å². The summed E-state index contributed by atoms with van der Waals surface area (Å²) in [6, 6.07) is 15.5. The van der Waals surface area contributed by atoms with Crippen LogP contribution in [0, 0.1) is 6.92 Å². The Morgan fingerprint density at radius 1 is 1.14 bits per heavy atom. The molecule has 5 heteroatoms. The van der Waals surface area contributed by atoms with E-state index in [0.29, 0.717) is 5.56 Å². The molecule has 0 aromatic heterocycles. The van der Waals surface area contributed by atoms with E-state index >= 15 is 0 Å². The van der Waals surface area contributed by atoms with Gasteiger partial charge in [-0.15, -0.1) is 0 Å². The molecule has 2 heterocycles. The highest BCUT2D eigenvalue weighted by Crippen LogP contribution is 2.33. The van der Waals surface area contributed by atoms with Crippen molar-refractivity contribution in [3.63, 3.8) is 0 Å². The molecule has 0 bridgehead atoms. The quantitative estimate of drug-likeness (QED) is 0.870. The number of aryl methyl sites for hydroxylation is 1. The first-order valence-corrected chi connectivity index (χ1v) is 6.82. The topological polar surface area (TPSA) is 47.9 Å². The number of fused-ring (bicyclic) bond motifs is 3. The monoisotopic (exact) mass is 278 g/mol. The second-order valence-corrected chi connectivity index (χ2v) is 5.19. The molecular formula is C16H14N4O. The van der Waals surface area contributed by atoms with Crippen LogP contribution in [0.5, 0.6) is 0 Å². The van der Waals surface area contributed by atoms with Crippen LogP contribution < -0.4 is 15.2 Å². The van der Waals surface area contributed by atoms with Gasteiger partial charge in [0.2, 0.25) is 6.29 Å². The van der Waals surface area contributed by atoms with Gasteiger partial charge in [0, 0.05) is 5.69 Å². The lowest BCUT2D eigenvalue weighted by Crippen LogP contribution is -2.57. The third kappa shape index (κ3) is 1.71. The zero-order chi connectivity index (χ0) is 14.4. The molecule has 1 N–H and O–H groups in total. The predicted molar refractivity (Wildman–Crippen MR) is 82.3 cm³/mol. The summed E-state index contributed by atoms with van der Waals surface area (Å²) in [4.78, 5) is 16.6. The summed E-state index contributed by atoms with van der Waals surface area (Å²) < 4.78 is 0. The van der Waals surface area contributed by atoms with E-state index in [1.54, 1.807) is 11.2 Å². The van der Waals surface area contributed by atoms with E-state index < -0.39 is 0 Å². The number of para-hydroxylation sites is 1. The Morgan fingerprint density at radius 3 is 2.86 bits per heavy atom.